The second-order valence-electron chi connectivity index (χ2n) is 7.11. The molecule has 0 unspecified atom stereocenters. The first kappa shape index (κ1) is 18.6. The van der Waals surface area contributed by atoms with E-state index >= 15 is 0 Å². The minimum absolute atomic E-state index is 0.0301. The van der Waals surface area contributed by atoms with Crippen LogP contribution in [0.15, 0.2) is 77.7 Å². The fourth-order valence-electron chi connectivity index (χ4n) is 3.37. The summed E-state index contributed by atoms with van der Waals surface area (Å²) in [5.41, 5.74) is 5.54. The smallest absolute Gasteiger partial charge is 0.251 e. The molecule has 1 aliphatic heterocycles. The maximum absolute atomic E-state index is 12.7. The lowest BCUT2D eigenvalue weighted by Crippen LogP contribution is -2.29. The Morgan fingerprint density at radius 2 is 1.79 bits per heavy atom. The lowest BCUT2D eigenvalue weighted by atomic mass is 10.1. The van der Waals surface area contributed by atoms with Gasteiger partial charge in [-0.1, -0.05) is 60.2 Å². The van der Waals surface area contributed by atoms with Crippen LogP contribution in [0.25, 0.3) is 0 Å². The molecule has 3 aromatic carbocycles. The molecular weight excluding hydrogens is 364 g/mol. The summed E-state index contributed by atoms with van der Waals surface area (Å²) in [6.45, 7) is 4.50. The van der Waals surface area contributed by atoms with Crippen molar-refractivity contribution in [3.8, 4) is 0 Å². The van der Waals surface area contributed by atoms with Crippen molar-refractivity contribution in [2.24, 2.45) is 0 Å². The first-order chi connectivity index (χ1) is 13.7. The minimum Gasteiger partial charge on any atom is -0.365 e. The van der Waals surface area contributed by atoms with Gasteiger partial charge in [0.1, 0.15) is 0 Å². The van der Waals surface area contributed by atoms with Crippen LogP contribution in [-0.4, -0.2) is 18.2 Å². The van der Waals surface area contributed by atoms with Gasteiger partial charge in [0.05, 0.1) is 5.69 Å². The fourth-order valence-corrected chi connectivity index (χ4v) is 4.40. The van der Waals surface area contributed by atoms with Gasteiger partial charge in [-0.3, -0.25) is 4.79 Å². The third kappa shape index (κ3) is 4.39. The highest BCUT2D eigenvalue weighted by atomic mass is 32.2. The monoisotopic (exact) mass is 388 g/mol. The van der Waals surface area contributed by atoms with Crippen molar-refractivity contribution in [1.82, 2.24) is 5.32 Å². The maximum atomic E-state index is 12.7. The summed E-state index contributed by atoms with van der Waals surface area (Å²) in [4.78, 5) is 16.3. The molecule has 0 fully saturated rings. The number of nitrogens with zero attached hydrogens (tertiary/aromatic N) is 1. The van der Waals surface area contributed by atoms with Crippen molar-refractivity contribution in [2.75, 3.05) is 17.2 Å². The molecule has 3 nitrogen and oxygen atoms in total. The minimum atomic E-state index is -0.0301. The quantitative estimate of drug-likeness (QED) is 0.665. The van der Waals surface area contributed by atoms with Crippen molar-refractivity contribution in [1.29, 1.82) is 0 Å². The highest BCUT2D eigenvalue weighted by Gasteiger charge is 2.19. The molecule has 142 valence electrons. The number of aryl methyl sites for hydroxylation is 1. The molecule has 0 radical (unpaired) electrons. The maximum Gasteiger partial charge on any atom is 0.251 e. The highest BCUT2D eigenvalue weighted by Crippen LogP contribution is 2.36. The number of hydrogen-bond donors (Lipinski definition) is 1. The van der Waals surface area contributed by atoms with Gasteiger partial charge in [0.2, 0.25) is 0 Å². The van der Waals surface area contributed by atoms with Gasteiger partial charge in [-0.05, 0) is 36.2 Å². The summed E-state index contributed by atoms with van der Waals surface area (Å²) in [5.74, 6) is 1.04. The van der Waals surface area contributed by atoms with Gasteiger partial charge in [-0.2, -0.15) is 0 Å². The third-order valence-corrected chi connectivity index (χ3v) is 6.01. The molecule has 4 heteroatoms. The zero-order chi connectivity index (χ0) is 19.3. The fraction of sp³-hybridized carbons (Fsp3) is 0.208. The number of carbonyl (C=O) groups excluding carboxylic acids is 1. The molecule has 0 saturated heterocycles. The molecule has 3 aromatic rings. The number of carbonyl (C=O) groups is 1. The Morgan fingerprint density at radius 1 is 1.00 bits per heavy atom. The average molecular weight is 389 g/mol. The SMILES string of the molecule is Cc1ccc(CN2CCSc3ccc(C(=O)NCc4ccccc4)cc32)cc1. The van der Waals surface area contributed by atoms with Gasteiger partial charge in [-0.15, -0.1) is 11.8 Å². The Labute approximate surface area is 170 Å². The van der Waals surface area contributed by atoms with Gasteiger partial charge in [0, 0.05) is 35.8 Å². The lowest BCUT2D eigenvalue weighted by Gasteiger charge is -2.31. The summed E-state index contributed by atoms with van der Waals surface area (Å²) in [6, 6.07) is 24.7. The van der Waals surface area contributed by atoms with Gasteiger partial charge in [0.15, 0.2) is 0 Å². The van der Waals surface area contributed by atoms with Crippen molar-refractivity contribution >= 4 is 23.4 Å². The summed E-state index contributed by atoms with van der Waals surface area (Å²) in [6.07, 6.45) is 0. The predicted molar refractivity (Wildman–Crippen MR) is 117 cm³/mol. The van der Waals surface area contributed by atoms with Crippen LogP contribution in [0.3, 0.4) is 0 Å². The zero-order valence-electron chi connectivity index (χ0n) is 16.0. The van der Waals surface area contributed by atoms with Gasteiger partial charge >= 0.3 is 0 Å². The Hall–Kier alpha value is -2.72. The molecule has 4 rings (SSSR count). The first-order valence-electron chi connectivity index (χ1n) is 9.58. The molecule has 1 amide bonds. The highest BCUT2D eigenvalue weighted by molar-refractivity contribution is 7.99. The van der Waals surface area contributed by atoms with Crippen LogP contribution in [0, 0.1) is 6.92 Å². The second-order valence-corrected chi connectivity index (χ2v) is 8.24. The van der Waals surface area contributed by atoms with Gasteiger partial charge in [0.25, 0.3) is 5.91 Å². The number of amides is 1. The van der Waals surface area contributed by atoms with Gasteiger partial charge in [-0.25, -0.2) is 0 Å². The number of hydrogen-bond acceptors (Lipinski definition) is 3. The molecule has 0 spiro atoms. The van der Waals surface area contributed by atoms with E-state index in [0.717, 1.165) is 30.1 Å². The van der Waals surface area contributed by atoms with Crippen LogP contribution >= 0.6 is 11.8 Å². The van der Waals surface area contributed by atoms with E-state index in [0.29, 0.717) is 12.1 Å². The summed E-state index contributed by atoms with van der Waals surface area (Å²) in [5, 5.41) is 3.03. The lowest BCUT2D eigenvalue weighted by molar-refractivity contribution is 0.0951. The van der Waals surface area contributed by atoms with E-state index in [1.807, 2.05) is 54.2 Å². The van der Waals surface area contributed by atoms with Crippen molar-refractivity contribution in [3.05, 3.63) is 95.1 Å². The molecule has 0 saturated carbocycles. The number of thioether (sulfide) groups is 1. The summed E-state index contributed by atoms with van der Waals surface area (Å²) < 4.78 is 0. The van der Waals surface area contributed by atoms with Crippen LogP contribution in [-0.2, 0) is 13.1 Å². The standard InChI is InChI=1S/C24H24N2OS/c1-18-7-9-20(10-8-18)17-26-13-14-28-23-12-11-21(15-22(23)26)24(27)25-16-19-5-3-2-4-6-19/h2-12,15H,13-14,16-17H2,1H3,(H,25,27). The number of anilines is 1. The normalized spacial score (nSPS) is 13.1. The van der Waals surface area contributed by atoms with E-state index in [2.05, 4.69) is 47.5 Å². The number of rotatable bonds is 5. The molecule has 0 aromatic heterocycles. The van der Waals surface area contributed by atoms with E-state index in [9.17, 15) is 4.79 Å². The number of benzene rings is 3. The molecule has 1 N–H and O–H groups in total. The number of fused-ring (bicyclic) bond motifs is 1. The predicted octanol–water partition coefficient (Wildman–Crippen LogP) is 5.04. The Bertz CT molecular complexity index is 954. The first-order valence-corrected chi connectivity index (χ1v) is 10.6. The van der Waals surface area contributed by atoms with E-state index in [1.165, 1.54) is 16.0 Å². The van der Waals surface area contributed by atoms with Crippen LogP contribution in [0.5, 0.6) is 0 Å². The summed E-state index contributed by atoms with van der Waals surface area (Å²) >= 11 is 1.86. The second kappa shape index (κ2) is 8.53. The molecule has 0 aliphatic carbocycles. The molecule has 0 bridgehead atoms. The Kier molecular flexibility index (Phi) is 5.68. The number of nitrogens with one attached hydrogen (secondary N) is 1. The van der Waals surface area contributed by atoms with E-state index in [-0.39, 0.29) is 5.91 Å². The van der Waals surface area contributed by atoms with Crippen molar-refractivity contribution in [2.45, 2.75) is 24.9 Å². The van der Waals surface area contributed by atoms with Crippen molar-refractivity contribution in [3.63, 3.8) is 0 Å². The van der Waals surface area contributed by atoms with Crippen LogP contribution in [0.1, 0.15) is 27.0 Å². The Balaban J connectivity index is 1.50. The Morgan fingerprint density at radius 3 is 2.57 bits per heavy atom. The largest absolute Gasteiger partial charge is 0.365 e. The topological polar surface area (TPSA) is 32.3 Å². The van der Waals surface area contributed by atoms with Crippen molar-refractivity contribution < 1.29 is 4.79 Å². The van der Waals surface area contributed by atoms with Crippen LogP contribution < -0.4 is 10.2 Å². The third-order valence-electron chi connectivity index (χ3n) is 4.97. The van der Waals surface area contributed by atoms with E-state index in [1.54, 1.807) is 0 Å². The summed E-state index contributed by atoms with van der Waals surface area (Å²) in [7, 11) is 0. The zero-order valence-corrected chi connectivity index (χ0v) is 16.8. The van der Waals surface area contributed by atoms with E-state index < -0.39 is 0 Å². The average Bonchev–Trinajstić information content (AvgIpc) is 2.74. The molecule has 1 heterocycles. The van der Waals surface area contributed by atoms with Crippen LogP contribution in [0.2, 0.25) is 0 Å². The van der Waals surface area contributed by atoms with E-state index in [4.69, 9.17) is 0 Å². The molecule has 1 aliphatic rings. The van der Waals surface area contributed by atoms with Crippen LogP contribution in [0.4, 0.5) is 5.69 Å². The molecule has 0 atom stereocenters. The molecular formula is C24H24N2OS. The molecule has 28 heavy (non-hydrogen) atoms. The van der Waals surface area contributed by atoms with Gasteiger partial charge < -0.3 is 10.2 Å².